The van der Waals surface area contributed by atoms with E-state index in [0.29, 0.717) is 0 Å². The molecule has 7 nitrogen and oxygen atoms in total. The van der Waals surface area contributed by atoms with E-state index in [0.717, 1.165) is 98.7 Å². The monoisotopic (exact) mass is 522 g/mol. The first kappa shape index (κ1) is 27.7. The summed E-state index contributed by atoms with van der Waals surface area (Å²) in [5.74, 6) is 1.87. The molecule has 1 unspecified atom stereocenters. The summed E-state index contributed by atoms with van der Waals surface area (Å²) in [5.41, 5.74) is 1.88. The Bertz CT molecular complexity index is 948. The third kappa shape index (κ3) is 9.24. The number of ether oxygens (including phenoxy) is 3. The molecule has 1 atom stereocenters. The number of halogens is 2. The van der Waals surface area contributed by atoms with Gasteiger partial charge in [0.25, 0.3) is 0 Å². The zero-order chi connectivity index (χ0) is 25.0. The molecule has 0 saturated carbocycles. The highest BCUT2D eigenvalue weighted by Gasteiger charge is 2.15. The Hall–Kier alpha value is -1.90. The van der Waals surface area contributed by atoms with Gasteiger partial charge >= 0.3 is 0 Å². The Morgan fingerprint density at radius 3 is 2.00 bits per heavy atom. The Balaban J connectivity index is 0.000000198. The minimum absolute atomic E-state index is 0.161. The predicted octanol–water partition coefficient (Wildman–Crippen LogP) is 5.14. The number of allylic oxidation sites excluding steroid dienone is 1. The van der Waals surface area contributed by atoms with E-state index in [2.05, 4.69) is 26.7 Å². The highest BCUT2D eigenvalue weighted by Crippen LogP contribution is 2.22. The number of aromatic nitrogens is 2. The molecule has 35 heavy (non-hydrogen) atoms. The molecule has 0 aliphatic carbocycles. The van der Waals surface area contributed by atoms with Gasteiger partial charge in [-0.15, -0.1) is 0 Å². The van der Waals surface area contributed by atoms with E-state index in [9.17, 15) is 0 Å². The van der Waals surface area contributed by atoms with Gasteiger partial charge in [0.15, 0.2) is 0 Å². The van der Waals surface area contributed by atoms with Crippen molar-refractivity contribution in [3.05, 3.63) is 51.8 Å². The van der Waals surface area contributed by atoms with Gasteiger partial charge in [-0.05, 0) is 51.1 Å². The van der Waals surface area contributed by atoms with Crippen LogP contribution >= 0.6 is 23.2 Å². The molecule has 0 N–H and O–H groups in total. The molecule has 2 fully saturated rings. The zero-order valence-electron chi connectivity index (χ0n) is 20.9. The lowest BCUT2D eigenvalue weighted by atomic mass is 10.2. The molecular weight excluding hydrogens is 487 g/mol. The number of nitrogens with zero attached hydrogens (tertiary/aromatic N) is 4. The van der Waals surface area contributed by atoms with E-state index >= 15 is 0 Å². The third-order valence-electron chi connectivity index (χ3n) is 5.58. The second-order valence-electron chi connectivity index (χ2n) is 8.37. The van der Waals surface area contributed by atoms with E-state index in [4.69, 9.17) is 37.4 Å². The van der Waals surface area contributed by atoms with Crippen molar-refractivity contribution in [2.24, 2.45) is 0 Å². The van der Waals surface area contributed by atoms with Crippen LogP contribution < -0.4 is 9.80 Å². The summed E-state index contributed by atoms with van der Waals surface area (Å²) < 4.78 is 16.2. The normalized spacial score (nSPS) is 17.3. The van der Waals surface area contributed by atoms with Crippen LogP contribution in [0.2, 0.25) is 10.0 Å². The molecule has 9 heteroatoms. The Morgan fingerprint density at radius 2 is 1.46 bits per heavy atom. The average molecular weight is 524 g/mol. The lowest BCUT2D eigenvalue weighted by Gasteiger charge is -2.28. The van der Waals surface area contributed by atoms with Crippen molar-refractivity contribution in [2.45, 2.75) is 33.3 Å². The van der Waals surface area contributed by atoms with Crippen LogP contribution in [0.4, 0.5) is 11.6 Å². The summed E-state index contributed by atoms with van der Waals surface area (Å²) in [6.07, 6.45) is 4.86. The Labute approximate surface area is 219 Å². The average Bonchev–Trinajstić information content (AvgIpc) is 2.85. The van der Waals surface area contributed by atoms with Crippen molar-refractivity contribution in [1.82, 2.24) is 9.97 Å². The van der Waals surface area contributed by atoms with Crippen molar-refractivity contribution in [2.75, 3.05) is 69.0 Å². The summed E-state index contributed by atoms with van der Waals surface area (Å²) in [6, 6.07) is 7.61. The minimum Gasteiger partial charge on any atom is -0.378 e. The van der Waals surface area contributed by atoms with E-state index in [-0.39, 0.29) is 6.10 Å². The molecule has 0 amide bonds. The first-order valence-corrected chi connectivity index (χ1v) is 13.0. The number of hydrogen-bond donors (Lipinski definition) is 0. The van der Waals surface area contributed by atoms with E-state index in [1.54, 1.807) is 0 Å². The van der Waals surface area contributed by atoms with Crippen LogP contribution in [0.3, 0.4) is 0 Å². The molecule has 0 bridgehead atoms. The molecule has 2 aromatic rings. The molecule has 192 valence electrons. The molecule has 2 saturated heterocycles. The molecule has 0 aromatic carbocycles. The molecule has 2 aliphatic heterocycles. The van der Waals surface area contributed by atoms with E-state index < -0.39 is 0 Å². The van der Waals surface area contributed by atoms with Crippen LogP contribution in [0.25, 0.3) is 6.08 Å². The first-order chi connectivity index (χ1) is 17.0. The fourth-order valence-corrected chi connectivity index (χ4v) is 4.38. The van der Waals surface area contributed by atoms with Gasteiger partial charge in [-0.3, -0.25) is 0 Å². The lowest BCUT2D eigenvalue weighted by Crippen LogP contribution is -2.36. The third-order valence-corrected chi connectivity index (χ3v) is 6.02. The standard InChI is InChI=1S/C14H21ClN2O2.C12H15ClN2O/c1-3-19-11(2)8-13-9-12(15)10-14(16-13)17-4-6-18-7-5-17;1-2-3-11-8-10(13)9-12(14-11)15-4-6-16-7-5-15/h9-11H,3-8H2,1-2H3;2-3,8-9H,4-7H2,1H3/b;3-2+. The number of morpholine rings is 2. The van der Waals surface area contributed by atoms with Gasteiger partial charge in [0.05, 0.1) is 38.2 Å². The highest BCUT2D eigenvalue weighted by molar-refractivity contribution is 6.31. The summed E-state index contributed by atoms with van der Waals surface area (Å²) >= 11 is 12.3. The van der Waals surface area contributed by atoms with Crippen molar-refractivity contribution in [3.63, 3.8) is 0 Å². The Morgan fingerprint density at radius 1 is 0.914 bits per heavy atom. The van der Waals surface area contributed by atoms with Crippen LogP contribution in [0.5, 0.6) is 0 Å². The largest absolute Gasteiger partial charge is 0.378 e. The van der Waals surface area contributed by atoms with Crippen molar-refractivity contribution >= 4 is 40.9 Å². The topological polar surface area (TPSA) is 60.0 Å². The first-order valence-electron chi connectivity index (χ1n) is 12.2. The fraction of sp³-hybridized carbons (Fsp3) is 0.538. The van der Waals surface area contributed by atoms with Crippen molar-refractivity contribution < 1.29 is 14.2 Å². The maximum atomic E-state index is 6.19. The van der Waals surface area contributed by atoms with Gasteiger partial charge in [0, 0.05) is 54.9 Å². The molecule has 4 heterocycles. The summed E-state index contributed by atoms with van der Waals surface area (Å²) in [6.45, 7) is 13.3. The van der Waals surface area contributed by atoms with Crippen LogP contribution in [-0.4, -0.2) is 75.3 Å². The van der Waals surface area contributed by atoms with Gasteiger partial charge in [-0.1, -0.05) is 29.3 Å². The maximum absolute atomic E-state index is 6.19. The molecule has 4 rings (SSSR count). The van der Waals surface area contributed by atoms with Crippen LogP contribution in [-0.2, 0) is 20.6 Å². The molecule has 2 aliphatic rings. The number of rotatable bonds is 7. The number of hydrogen-bond acceptors (Lipinski definition) is 7. The van der Waals surface area contributed by atoms with Gasteiger partial charge in [-0.25, -0.2) is 9.97 Å². The van der Waals surface area contributed by atoms with Gasteiger partial charge in [0.1, 0.15) is 11.6 Å². The second-order valence-corrected chi connectivity index (χ2v) is 9.25. The predicted molar refractivity (Wildman–Crippen MR) is 144 cm³/mol. The Kier molecular flexibility index (Phi) is 11.6. The van der Waals surface area contributed by atoms with Gasteiger partial charge < -0.3 is 24.0 Å². The smallest absolute Gasteiger partial charge is 0.130 e. The molecule has 2 aromatic heterocycles. The summed E-state index contributed by atoms with van der Waals surface area (Å²) in [4.78, 5) is 13.6. The highest BCUT2D eigenvalue weighted by atomic mass is 35.5. The van der Waals surface area contributed by atoms with Gasteiger partial charge in [0.2, 0.25) is 0 Å². The van der Waals surface area contributed by atoms with E-state index in [1.807, 2.05) is 50.3 Å². The van der Waals surface area contributed by atoms with Crippen molar-refractivity contribution in [3.8, 4) is 0 Å². The lowest BCUT2D eigenvalue weighted by molar-refractivity contribution is 0.0761. The van der Waals surface area contributed by atoms with Crippen molar-refractivity contribution in [1.29, 1.82) is 0 Å². The SMILES string of the molecule is C/C=C/c1cc(Cl)cc(N2CCOCC2)n1.CCOC(C)Cc1cc(Cl)cc(N2CCOCC2)n1. The molecular formula is C26H36Cl2N4O3. The van der Waals surface area contributed by atoms with Gasteiger partial charge in [-0.2, -0.15) is 0 Å². The van der Waals surface area contributed by atoms with Crippen LogP contribution in [0.1, 0.15) is 32.2 Å². The van der Waals surface area contributed by atoms with E-state index in [1.165, 1.54) is 0 Å². The van der Waals surface area contributed by atoms with Crippen LogP contribution in [0.15, 0.2) is 30.3 Å². The molecule has 0 radical (unpaired) electrons. The minimum atomic E-state index is 0.161. The quantitative estimate of drug-likeness (QED) is 0.498. The van der Waals surface area contributed by atoms with Crippen LogP contribution in [0, 0.1) is 0 Å². The second kappa shape index (κ2) is 14.6. The fourth-order valence-electron chi connectivity index (χ4n) is 3.95. The zero-order valence-corrected chi connectivity index (χ0v) is 22.4. The maximum Gasteiger partial charge on any atom is 0.130 e. The number of anilines is 2. The number of pyridine rings is 2. The molecule has 0 spiro atoms. The summed E-state index contributed by atoms with van der Waals surface area (Å²) in [7, 11) is 0. The summed E-state index contributed by atoms with van der Waals surface area (Å²) in [5, 5.41) is 1.46.